The SMILES string of the molecule is O=C(O)CCOc1ccc(C(=O)Nc2cc(Cl)ccc2Cl)cc1. The van der Waals surface area contributed by atoms with Crippen LogP contribution in [0.25, 0.3) is 0 Å². The molecule has 0 atom stereocenters. The van der Waals surface area contributed by atoms with Gasteiger partial charge in [-0.15, -0.1) is 0 Å². The van der Waals surface area contributed by atoms with Gasteiger partial charge in [0, 0.05) is 10.6 Å². The fraction of sp³-hybridized carbons (Fsp3) is 0.125. The fourth-order valence-corrected chi connectivity index (χ4v) is 2.08. The molecule has 0 aromatic heterocycles. The molecule has 0 unspecified atom stereocenters. The van der Waals surface area contributed by atoms with Gasteiger partial charge in [-0.2, -0.15) is 0 Å². The summed E-state index contributed by atoms with van der Waals surface area (Å²) >= 11 is 11.9. The number of rotatable bonds is 6. The Labute approximate surface area is 142 Å². The fourth-order valence-electron chi connectivity index (χ4n) is 1.75. The Morgan fingerprint density at radius 3 is 2.43 bits per heavy atom. The lowest BCUT2D eigenvalue weighted by Gasteiger charge is -2.09. The molecule has 2 aromatic rings. The first-order valence-electron chi connectivity index (χ1n) is 6.67. The summed E-state index contributed by atoms with van der Waals surface area (Å²) in [6.45, 7) is 0.0685. The van der Waals surface area contributed by atoms with Crippen molar-refractivity contribution in [1.82, 2.24) is 0 Å². The Balaban J connectivity index is 2.00. The maximum atomic E-state index is 12.2. The van der Waals surface area contributed by atoms with Gasteiger partial charge in [0.25, 0.3) is 5.91 Å². The van der Waals surface area contributed by atoms with E-state index in [0.717, 1.165) is 0 Å². The molecule has 0 saturated heterocycles. The van der Waals surface area contributed by atoms with Crippen molar-refractivity contribution in [1.29, 1.82) is 0 Å². The molecule has 0 fully saturated rings. The van der Waals surface area contributed by atoms with E-state index in [-0.39, 0.29) is 18.9 Å². The van der Waals surface area contributed by atoms with E-state index in [9.17, 15) is 9.59 Å². The molecule has 7 heteroatoms. The number of hydrogen-bond acceptors (Lipinski definition) is 3. The van der Waals surface area contributed by atoms with E-state index in [1.807, 2.05) is 0 Å². The number of nitrogens with one attached hydrogen (secondary N) is 1. The minimum atomic E-state index is -0.931. The van der Waals surface area contributed by atoms with Gasteiger partial charge in [0.15, 0.2) is 0 Å². The Bertz CT molecular complexity index is 717. The van der Waals surface area contributed by atoms with Crippen LogP contribution in [0.4, 0.5) is 5.69 Å². The highest BCUT2D eigenvalue weighted by molar-refractivity contribution is 6.35. The number of amides is 1. The minimum Gasteiger partial charge on any atom is -0.493 e. The first-order valence-corrected chi connectivity index (χ1v) is 7.42. The summed E-state index contributed by atoms with van der Waals surface area (Å²) in [6.07, 6.45) is -0.0878. The number of carboxylic acids is 1. The molecule has 0 radical (unpaired) electrons. The molecule has 23 heavy (non-hydrogen) atoms. The summed E-state index contributed by atoms with van der Waals surface area (Å²) in [7, 11) is 0. The number of benzene rings is 2. The Morgan fingerprint density at radius 2 is 1.78 bits per heavy atom. The largest absolute Gasteiger partial charge is 0.493 e. The highest BCUT2D eigenvalue weighted by atomic mass is 35.5. The third kappa shape index (κ3) is 5.16. The van der Waals surface area contributed by atoms with Crippen molar-refractivity contribution in [3.8, 4) is 5.75 Å². The Hall–Kier alpha value is -2.24. The highest BCUT2D eigenvalue weighted by Crippen LogP contribution is 2.26. The molecule has 5 nitrogen and oxygen atoms in total. The van der Waals surface area contributed by atoms with Crippen LogP contribution < -0.4 is 10.1 Å². The van der Waals surface area contributed by atoms with Gasteiger partial charge in [0.2, 0.25) is 0 Å². The van der Waals surface area contributed by atoms with Crippen LogP contribution >= 0.6 is 23.2 Å². The molecule has 120 valence electrons. The van der Waals surface area contributed by atoms with E-state index >= 15 is 0 Å². The van der Waals surface area contributed by atoms with Gasteiger partial charge in [0.05, 0.1) is 23.7 Å². The summed E-state index contributed by atoms with van der Waals surface area (Å²) in [6, 6.07) is 11.1. The normalized spacial score (nSPS) is 10.2. The lowest BCUT2D eigenvalue weighted by atomic mass is 10.2. The lowest BCUT2D eigenvalue weighted by molar-refractivity contribution is -0.137. The summed E-state index contributed by atoms with van der Waals surface area (Å²) < 4.78 is 5.25. The quantitative estimate of drug-likeness (QED) is 0.819. The van der Waals surface area contributed by atoms with E-state index in [0.29, 0.717) is 27.0 Å². The van der Waals surface area contributed by atoms with E-state index in [1.165, 1.54) is 0 Å². The maximum Gasteiger partial charge on any atom is 0.306 e. The molecule has 2 aromatic carbocycles. The predicted octanol–water partition coefficient (Wildman–Crippen LogP) is 4.10. The minimum absolute atomic E-state index is 0.0685. The number of carbonyl (C=O) groups excluding carboxylic acids is 1. The van der Waals surface area contributed by atoms with Crippen LogP contribution in [0.3, 0.4) is 0 Å². The zero-order valence-electron chi connectivity index (χ0n) is 11.9. The standard InChI is InChI=1S/C16H13Cl2NO4/c17-11-3-6-13(18)14(9-11)19-16(22)10-1-4-12(5-2-10)23-8-7-15(20)21/h1-6,9H,7-8H2,(H,19,22)(H,20,21). The van der Waals surface area contributed by atoms with Crippen molar-refractivity contribution >= 4 is 40.8 Å². The zero-order valence-corrected chi connectivity index (χ0v) is 13.4. The van der Waals surface area contributed by atoms with Gasteiger partial charge < -0.3 is 15.2 Å². The second-order valence-electron chi connectivity index (χ2n) is 4.59. The summed E-state index contributed by atoms with van der Waals surface area (Å²) in [5, 5.41) is 12.1. The van der Waals surface area contributed by atoms with Gasteiger partial charge in [-0.25, -0.2) is 0 Å². The van der Waals surface area contributed by atoms with Crippen LogP contribution in [0.5, 0.6) is 5.75 Å². The third-order valence-electron chi connectivity index (χ3n) is 2.88. The molecule has 1 amide bonds. The molecule has 2 rings (SSSR count). The second kappa shape index (κ2) is 7.85. The third-order valence-corrected chi connectivity index (χ3v) is 3.44. The number of aliphatic carboxylic acids is 1. The average molecular weight is 354 g/mol. The molecular weight excluding hydrogens is 341 g/mol. The summed E-state index contributed by atoms with van der Waals surface area (Å²) in [5.74, 6) is -0.783. The van der Waals surface area contributed by atoms with Gasteiger partial charge in [-0.1, -0.05) is 23.2 Å². The van der Waals surface area contributed by atoms with Gasteiger partial charge in [0.1, 0.15) is 5.75 Å². The molecule has 0 aliphatic carbocycles. The zero-order chi connectivity index (χ0) is 16.8. The van der Waals surface area contributed by atoms with E-state index in [2.05, 4.69) is 5.32 Å². The van der Waals surface area contributed by atoms with Crippen molar-refractivity contribution in [3.63, 3.8) is 0 Å². The molecule has 0 bridgehead atoms. The van der Waals surface area contributed by atoms with Crippen molar-refractivity contribution in [2.24, 2.45) is 0 Å². The maximum absolute atomic E-state index is 12.2. The molecule has 0 aliphatic rings. The smallest absolute Gasteiger partial charge is 0.306 e. The van der Waals surface area contributed by atoms with Crippen molar-refractivity contribution in [2.75, 3.05) is 11.9 Å². The number of halogens is 2. The van der Waals surface area contributed by atoms with Crippen molar-refractivity contribution < 1.29 is 19.4 Å². The van der Waals surface area contributed by atoms with E-state index < -0.39 is 5.97 Å². The van der Waals surface area contributed by atoms with Crippen molar-refractivity contribution in [2.45, 2.75) is 6.42 Å². The molecule has 0 aliphatic heterocycles. The number of anilines is 1. The van der Waals surface area contributed by atoms with Crippen LogP contribution in [0.1, 0.15) is 16.8 Å². The van der Waals surface area contributed by atoms with Gasteiger partial charge in [-0.3, -0.25) is 9.59 Å². The van der Waals surface area contributed by atoms with Crippen molar-refractivity contribution in [3.05, 3.63) is 58.1 Å². The Morgan fingerprint density at radius 1 is 1.09 bits per heavy atom. The number of carboxylic acid groups (broad SMARTS) is 1. The molecule has 2 N–H and O–H groups in total. The van der Waals surface area contributed by atoms with Crippen LogP contribution in [-0.4, -0.2) is 23.6 Å². The van der Waals surface area contributed by atoms with E-state index in [1.54, 1.807) is 42.5 Å². The van der Waals surface area contributed by atoms with E-state index in [4.69, 9.17) is 33.0 Å². The summed E-state index contributed by atoms with van der Waals surface area (Å²) in [4.78, 5) is 22.6. The molecule has 0 saturated carbocycles. The van der Waals surface area contributed by atoms with Crippen LogP contribution in [0.2, 0.25) is 10.0 Å². The van der Waals surface area contributed by atoms with Gasteiger partial charge >= 0.3 is 5.97 Å². The first-order chi connectivity index (χ1) is 11.0. The number of carbonyl (C=O) groups is 2. The highest BCUT2D eigenvalue weighted by Gasteiger charge is 2.09. The Kier molecular flexibility index (Phi) is 5.84. The van der Waals surface area contributed by atoms with Gasteiger partial charge in [-0.05, 0) is 42.5 Å². The summed E-state index contributed by atoms with van der Waals surface area (Å²) in [5.41, 5.74) is 0.831. The van der Waals surface area contributed by atoms with Crippen LogP contribution in [-0.2, 0) is 4.79 Å². The topological polar surface area (TPSA) is 75.6 Å². The lowest BCUT2D eigenvalue weighted by Crippen LogP contribution is -2.12. The molecular formula is C16H13Cl2NO4. The molecule has 0 spiro atoms. The number of hydrogen-bond donors (Lipinski definition) is 2. The predicted molar refractivity (Wildman–Crippen MR) is 88.6 cm³/mol. The molecule has 0 heterocycles. The number of ether oxygens (including phenoxy) is 1. The second-order valence-corrected chi connectivity index (χ2v) is 5.44. The monoisotopic (exact) mass is 353 g/mol. The van der Waals surface area contributed by atoms with Crippen LogP contribution in [0.15, 0.2) is 42.5 Å². The van der Waals surface area contributed by atoms with Crippen LogP contribution in [0, 0.1) is 0 Å². The average Bonchev–Trinajstić information content (AvgIpc) is 2.51. The first kappa shape index (κ1) is 17.1.